The Morgan fingerprint density at radius 3 is 2.23 bits per heavy atom. The van der Waals surface area contributed by atoms with Gasteiger partial charge < -0.3 is 9.80 Å². The van der Waals surface area contributed by atoms with Gasteiger partial charge in [-0.05, 0) is 89.9 Å². The van der Waals surface area contributed by atoms with E-state index < -0.39 is 0 Å². The molecule has 0 N–H and O–H groups in total. The first-order valence-electron chi connectivity index (χ1n) is 16.6. The molecule has 0 saturated carbocycles. The molecule has 0 aromatic heterocycles. The van der Waals surface area contributed by atoms with Crippen molar-refractivity contribution in [3.63, 3.8) is 0 Å². The Balaban J connectivity index is 1.30. The van der Waals surface area contributed by atoms with Crippen LogP contribution >= 0.6 is 0 Å². The summed E-state index contributed by atoms with van der Waals surface area (Å²) >= 11 is 0. The lowest BCUT2D eigenvalue weighted by Gasteiger charge is -2.30. The molecule has 5 aromatic carbocycles. The molecule has 0 spiro atoms. The fourth-order valence-electron chi connectivity index (χ4n) is 6.28. The van der Waals surface area contributed by atoms with Gasteiger partial charge in [-0.2, -0.15) is 0 Å². The summed E-state index contributed by atoms with van der Waals surface area (Å²) in [6.07, 6.45) is 20.7. The summed E-state index contributed by atoms with van der Waals surface area (Å²) in [5, 5.41) is 2.40. The smallest absolute Gasteiger partial charge is 0.0539 e. The van der Waals surface area contributed by atoms with Crippen molar-refractivity contribution in [1.82, 2.24) is 0 Å². The second-order valence-electron chi connectivity index (χ2n) is 11.8. The molecule has 1 aliphatic carbocycles. The molecule has 0 unspecified atom stereocenters. The van der Waals surface area contributed by atoms with Crippen LogP contribution in [0.1, 0.15) is 36.5 Å². The van der Waals surface area contributed by atoms with Gasteiger partial charge in [0.25, 0.3) is 0 Å². The van der Waals surface area contributed by atoms with Crippen LogP contribution in [0.15, 0.2) is 194 Å². The summed E-state index contributed by atoms with van der Waals surface area (Å²) < 4.78 is 0. The molecule has 5 aromatic rings. The molecule has 0 aliphatic heterocycles. The largest absolute Gasteiger partial charge is 0.341 e. The highest BCUT2D eigenvalue weighted by Gasteiger charge is 2.19. The average Bonchev–Trinajstić information content (AvgIpc) is 3.14. The number of anilines is 3. The minimum absolute atomic E-state index is 0.793. The fourth-order valence-corrected chi connectivity index (χ4v) is 6.28. The third-order valence-electron chi connectivity index (χ3n) is 8.72. The maximum absolute atomic E-state index is 4.47. The average molecular weight is 623 g/mol. The quantitative estimate of drug-likeness (QED) is 0.128. The van der Waals surface area contributed by atoms with Crippen LogP contribution in [0.25, 0.3) is 22.4 Å². The topological polar surface area (TPSA) is 6.48 Å². The van der Waals surface area contributed by atoms with Crippen molar-refractivity contribution >= 4 is 39.5 Å². The second-order valence-corrected chi connectivity index (χ2v) is 11.8. The molecular formula is C46H42N2. The highest BCUT2D eigenvalue weighted by molar-refractivity contribution is 5.97. The van der Waals surface area contributed by atoms with Crippen molar-refractivity contribution in [2.75, 3.05) is 9.80 Å². The summed E-state index contributed by atoms with van der Waals surface area (Å²) in [4.78, 5) is 4.70. The van der Waals surface area contributed by atoms with Crippen molar-refractivity contribution in [1.29, 1.82) is 0 Å². The maximum Gasteiger partial charge on any atom is 0.0539 e. The predicted molar refractivity (Wildman–Crippen MR) is 209 cm³/mol. The van der Waals surface area contributed by atoms with E-state index in [0.29, 0.717) is 0 Å². The molecule has 0 heterocycles. The molecule has 236 valence electrons. The van der Waals surface area contributed by atoms with Gasteiger partial charge in [0.1, 0.15) is 0 Å². The van der Waals surface area contributed by atoms with Crippen LogP contribution in [-0.4, -0.2) is 0 Å². The molecule has 2 heteroatoms. The van der Waals surface area contributed by atoms with Crippen molar-refractivity contribution in [2.45, 2.75) is 26.3 Å². The number of hydrogen-bond donors (Lipinski definition) is 0. The summed E-state index contributed by atoms with van der Waals surface area (Å²) in [5.74, 6) is 0. The molecule has 0 amide bonds. The number of para-hydroxylation sites is 1. The van der Waals surface area contributed by atoms with Gasteiger partial charge in [-0.1, -0.05) is 147 Å². The molecule has 2 nitrogen and oxygen atoms in total. The van der Waals surface area contributed by atoms with Gasteiger partial charge in [0.15, 0.2) is 0 Å². The summed E-state index contributed by atoms with van der Waals surface area (Å²) in [7, 11) is 0. The lowest BCUT2D eigenvalue weighted by Crippen LogP contribution is -2.23. The number of allylic oxidation sites excluding steroid dienone is 10. The van der Waals surface area contributed by atoms with Gasteiger partial charge in [-0.25, -0.2) is 0 Å². The van der Waals surface area contributed by atoms with Crippen molar-refractivity contribution in [3.05, 3.63) is 211 Å². The van der Waals surface area contributed by atoms with Crippen LogP contribution < -0.4 is 9.80 Å². The van der Waals surface area contributed by atoms with Crippen molar-refractivity contribution < 1.29 is 0 Å². The van der Waals surface area contributed by atoms with Crippen molar-refractivity contribution in [3.8, 4) is 0 Å². The fraction of sp³-hybridized carbons (Fsp3) is 0.0870. The van der Waals surface area contributed by atoms with Gasteiger partial charge in [0.2, 0.25) is 0 Å². The van der Waals surface area contributed by atoms with Gasteiger partial charge in [-0.15, -0.1) is 0 Å². The van der Waals surface area contributed by atoms with Crippen molar-refractivity contribution in [2.24, 2.45) is 0 Å². The second kappa shape index (κ2) is 15.6. The first-order chi connectivity index (χ1) is 23.7. The van der Waals surface area contributed by atoms with E-state index in [1.807, 2.05) is 37.3 Å². The summed E-state index contributed by atoms with van der Waals surface area (Å²) in [6.45, 7) is 11.1. The van der Waals surface area contributed by atoms with E-state index in [9.17, 15) is 0 Å². The minimum atomic E-state index is 0.793. The number of hydrogen-bond acceptors (Lipinski definition) is 2. The zero-order chi connectivity index (χ0) is 33.1. The van der Waals surface area contributed by atoms with Gasteiger partial charge in [0.05, 0.1) is 5.69 Å². The van der Waals surface area contributed by atoms with Gasteiger partial charge >= 0.3 is 0 Å². The van der Waals surface area contributed by atoms with Crippen LogP contribution in [0.5, 0.6) is 0 Å². The van der Waals surface area contributed by atoms with E-state index in [4.69, 9.17) is 0 Å². The SMILES string of the molecule is C=C/C=C\c1ccccc1CN(C1=CC=C(c2ccc(N(C(=C)/C=C\C=C/C)c3cccc4ccccc34)cc2)CC1)c1ccccc1. The molecule has 0 saturated heterocycles. The van der Waals surface area contributed by atoms with Crippen LogP contribution in [0.3, 0.4) is 0 Å². The normalized spacial score (nSPS) is 13.2. The molecule has 0 fully saturated rings. The molecule has 0 radical (unpaired) electrons. The molecule has 0 bridgehead atoms. The van der Waals surface area contributed by atoms with Gasteiger partial charge in [0, 0.05) is 34.7 Å². The standard InChI is InChI=1S/C46H42N2/c1-4-6-9-17-36(3)48(46-26-16-22-40-20-14-15-25-45(40)46)44-33-29-39(30-34-44)38-27-31-43(32-28-38)47(42-23-10-8-11-24-42)35-41-21-13-12-19-37(41)18-7-5-2/h4-27,29-31,33-34H,2-3,28,32,35H2,1H3/b6-4-,17-9-,18-7-. The first kappa shape index (κ1) is 32.1. The maximum atomic E-state index is 4.47. The summed E-state index contributed by atoms with van der Waals surface area (Å²) in [6, 6.07) is 43.2. The van der Waals surface area contributed by atoms with Crippen LogP contribution in [0, 0.1) is 0 Å². The lowest BCUT2D eigenvalue weighted by atomic mass is 9.94. The minimum Gasteiger partial charge on any atom is -0.341 e. The Labute approximate surface area is 286 Å². The molecular weight excluding hydrogens is 581 g/mol. The van der Waals surface area contributed by atoms with E-state index in [1.165, 1.54) is 44.4 Å². The zero-order valence-electron chi connectivity index (χ0n) is 27.7. The van der Waals surface area contributed by atoms with Crippen LogP contribution in [0.2, 0.25) is 0 Å². The van der Waals surface area contributed by atoms with E-state index in [-0.39, 0.29) is 0 Å². The molecule has 48 heavy (non-hydrogen) atoms. The van der Waals surface area contributed by atoms with Crippen LogP contribution in [-0.2, 0) is 6.54 Å². The lowest BCUT2D eigenvalue weighted by molar-refractivity contribution is 0.830. The predicted octanol–water partition coefficient (Wildman–Crippen LogP) is 12.6. The zero-order valence-corrected chi connectivity index (χ0v) is 27.7. The Morgan fingerprint density at radius 1 is 0.708 bits per heavy atom. The molecule has 0 atom stereocenters. The van der Waals surface area contributed by atoms with E-state index >= 15 is 0 Å². The molecule has 1 aliphatic rings. The molecule has 6 rings (SSSR count). The monoisotopic (exact) mass is 622 g/mol. The van der Waals surface area contributed by atoms with E-state index in [0.717, 1.165) is 36.5 Å². The Kier molecular flexibility index (Phi) is 10.4. The number of nitrogens with zero attached hydrogens (tertiary/aromatic N) is 2. The summed E-state index contributed by atoms with van der Waals surface area (Å²) in [5.41, 5.74) is 10.7. The van der Waals surface area contributed by atoms with E-state index in [1.54, 1.807) is 0 Å². The number of benzene rings is 5. The van der Waals surface area contributed by atoms with E-state index in [2.05, 4.69) is 169 Å². The van der Waals surface area contributed by atoms with Gasteiger partial charge in [-0.3, -0.25) is 0 Å². The number of fused-ring (bicyclic) bond motifs is 1. The van der Waals surface area contributed by atoms with Crippen LogP contribution in [0.4, 0.5) is 17.1 Å². The Morgan fingerprint density at radius 2 is 1.46 bits per heavy atom. The highest BCUT2D eigenvalue weighted by atomic mass is 15.1. The first-order valence-corrected chi connectivity index (χ1v) is 16.6. The highest BCUT2D eigenvalue weighted by Crippen LogP contribution is 2.37. The third-order valence-corrected chi connectivity index (χ3v) is 8.72. The Hall–Kier alpha value is -5.86. The third kappa shape index (κ3) is 7.40. The number of rotatable bonds is 12. The Bertz CT molecular complexity index is 2030.